The first-order chi connectivity index (χ1) is 12.7. The molecule has 0 aliphatic carbocycles. The van der Waals surface area contributed by atoms with Crippen molar-refractivity contribution in [2.45, 2.75) is 44.7 Å². The Morgan fingerprint density at radius 3 is 2.44 bits per heavy atom. The highest BCUT2D eigenvalue weighted by molar-refractivity contribution is 6.76. The predicted molar refractivity (Wildman–Crippen MR) is 107 cm³/mol. The van der Waals surface area contributed by atoms with Crippen LogP contribution in [0.15, 0.2) is 42.5 Å². The third-order valence-corrected chi connectivity index (χ3v) is 5.81. The zero-order valence-electron chi connectivity index (χ0n) is 16.5. The van der Waals surface area contributed by atoms with Crippen LogP contribution in [-0.2, 0) is 20.9 Å². The van der Waals surface area contributed by atoms with Crippen LogP contribution in [0.2, 0.25) is 25.7 Å². The number of methoxy groups -OCH3 is 1. The second-order valence-electron chi connectivity index (χ2n) is 7.90. The number of imide groups is 1. The van der Waals surface area contributed by atoms with Gasteiger partial charge in [-0.05, 0) is 18.0 Å². The van der Waals surface area contributed by atoms with E-state index in [9.17, 15) is 14.4 Å². The Morgan fingerprint density at radius 2 is 1.85 bits per heavy atom. The van der Waals surface area contributed by atoms with E-state index >= 15 is 0 Å². The van der Waals surface area contributed by atoms with E-state index in [4.69, 9.17) is 4.74 Å². The zero-order chi connectivity index (χ0) is 20.0. The number of carbonyl (C=O) groups excluding carboxylic acids is 3. The van der Waals surface area contributed by atoms with Gasteiger partial charge in [0.25, 0.3) is 5.91 Å². The van der Waals surface area contributed by atoms with Crippen molar-refractivity contribution < 1.29 is 19.1 Å². The Balaban J connectivity index is 2.18. The summed E-state index contributed by atoms with van der Waals surface area (Å²) in [5.74, 6) is -0.650. The van der Waals surface area contributed by atoms with E-state index in [1.165, 1.54) is 12.0 Å². The lowest BCUT2D eigenvalue weighted by atomic mass is 10.1. The predicted octanol–water partition coefficient (Wildman–Crippen LogP) is 3.28. The van der Waals surface area contributed by atoms with Crippen molar-refractivity contribution in [1.29, 1.82) is 0 Å². The number of allylic oxidation sites excluding steroid dienone is 1. The highest BCUT2D eigenvalue weighted by Crippen LogP contribution is 2.20. The summed E-state index contributed by atoms with van der Waals surface area (Å²) in [5, 5.41) is 0. The first-order valence-corrected chi connectivity index (χ1v) is 12.8. The zero-order valence-corrected chi connectivity index (χ0v) is 17.5. The minimum absolute atomic E-state index is 0.127. The van der Waals surface area contributed by atoms with Crippen LogP contribution in [0.25, 0.3) is 0 Å². The van der Waals surface area contributed by atoms with Crippen LogP contribution >= 0.6 is 0 Å². The maximum absolute atomic E-state index is 13.0. The van der Waals surface area contributed by atoms with Crippen molar-refractivity contribution in [2.24, 2.45) is 0 Å². The van der Waals surface area contributed by atoms with E-state index in [1.807, 2.05) is 36.4 Å². The highest BCUT2D eigenvalue weighted by atomic mass is 28.3. The molecule has 1 unspecified atom stereocenters. The van der Waals surface area contributed by atoms with Gasteiger partial charge in [-0.3, -0.25) is 9.59 Å². The summed E-state index contributed by atoms with van der Waals surface area (Å²) in [7, 11) is -0.0222. The smallest absolute Gasteiger partial charge is 0.417 e. The Kier molecular flexibility index (Phi) is 6.96. The molecule has 0 saturated carbocycles. The van der Waals surface area contributed by atoms with Crippen LogP contribution in [0.4, 0.5) is 4.79 Å². The van der Waals surface area contributed by atoms with Crippen molar-refractivity contribution in [3.05, 3.63) is 48.0 Å². The Morgan fingerprint density at radius 1 is 1.19 bits per heavy atom. The van der Waals surface area contributed by atoms with E-state index in [1.54, 1.807) is 0 Å². The molecule has 27 heavy (non-hydrogen) atoms. The number of hydrogen-bond donors (Lipinski definition) is 0. The summed E-state index contributed by atoms with van der Waals surface area (Å²) in [6, 6.07) is 9.62. The van der Waals surface area contributed by atoms with Gasteiger partial charge < -0.3 is 9.64 Å². The van der Waals surface area contributed by atoms with Gasteiger partial charge in [0.1, 0.15) is 12.6 Å². The lowest BCUT2D eigenvalue weighted by molar-refractivity contribution is -0.154. The maximum Gasteiger partial charge on any atom is 0.417 e. The topological polar surface area (TPSA) is 66.9 Å². The monoisotopic (exact) mass is 388 g/mol. The molecule has 6 nitrogen and oxygen atoms in total. The van der Waals surface area contributed by atoms with Gasteiger partial charge in [0.15, 0.2) is 0 Å². The van der Waals surface area contributed by atoms with E-state index < -0.39 is 26.1 Å². The van der Waals surface area contributed by atoms with Gasteiger partial charge >= 0.3 is 6.09 Å². The average Bonchev–Trinajstić information content (AvgIpc) is 2.61. The second kappa shape index (κ2) is 8.99. The van der Waals surface area contributed by atoms with E-state index in [2.05, 4.69) is 25.7 Å². The van der Waals surface area contributed by atoms with Gasteiger partial charge in [-0.15, -0.1) is 0 Å². The van der Waals surface area contributed by atoms with Gasteiger partial charge in [0, 0.05) is 14.6 Å². The van der Waals surface area contributed by atoms with Crippen LogP contribution in [0.1, 0.15) is 12.0 Å². The summed E-state index contributed by atoms with van der Waals surface area (Å²) in [6.07, 6.45) is 3.47. The van der Waals surface area contributed by atoms with Crippen LogP contribution in [-0.4, -0.2) is 55.5 Å². The van der Waals surface area contributed by atoms with Crippen LogP contribution in [0.5, 0.6) is 0 Å². The number of rotatable bonds is 6. The molecule has 1 heterocycles. The van der Waals surface area contributed by atoms with Gasteiger partial charge in [-0.25, -0.2) is 9.69 Å². The van der Waals surface area contributed by atoms with Gasteiger partial charge in [-0.1, -0.05) is 62.1 Å². The third kappa shape index (κ3) is 5.79. The quantitative estimate of drug-likeness (QED) is 0.554. The van der Waals surface area contributed by atoms with Crippen LogP contribution in [0, 0.1) is 0 Å². The molecule has 0 radical (unpaired) electrons. The number of piperazine rings is 1. The number of benzene rings is 1. The molecule has 1 saturated heterocycles. The molecule has 1 aromatic rings. The van der Waals surface area contributed by atoms with Gasteiger partial charge in [-0.2, -0.15) is 0 Å². The minimum Gasteiger partial charge on any atom is -0.452 e. The van der Waals surface area contributed by atoms with Crippen molar-refractivity contribution >= 4 is 26.0 Å². The van der Waals surface area contributed by atoms with Crippen molar-refractivity contribution in [2.75, 3.05) is 13.7 Å². The molecule has 0 N–H and O–H groups in total. The van der Waals surface area contributed by atoms with E-state index in [-0.39, 0.29) is 12.5 Å². The highest BCUT2D eigenvalue weighted by Gasteiger charge is 2.42. The SMILES string of the molecule is COC(=O)N1C(=O)CN(Cc2ccccc2)C(=O)C1C/C=C/C[Si](C)(C)C. The number of nitrogens with zero attached hydrogens (tertiary/aromatic N) is 2. The molecule has 0 bridgehead atoms. The molecule has 1 atom stereocenters. The average molecular weight is 389 g/mol. The first kappa shape index (κ1) is 20.9. The summed E-state index contributed by atoms with van der Waals surface area (Å²) < 4.78 is 4.73. The van der Waals surface area contributed by atoms with Crippen molar-refractivity contribution in [1.82, 2.24) is 9.80 Å². The molecule has 2 rings (SSSR count). The van der Waals surface area contributed by atoms with Crippen LogP contribution < -0.4 is 0 Å². The third-order valence-electron chi connectivity index (χ3n) is 4.35. The molecule has 0 spiro atoms. The van der Waals surface area contributed by atoms with Crippen LogP contribution in [0.3, 0.4) is 0 Å². The van der Waals surface area contributed by atoms with E-state index in [0.717, 1.165) is 16.5 Å². The number of amides is 3. The number of ether oxygens (including phenoxy) is 1. The molecule has 146 valence electrons. The first-order valence-electron chi connectivity index (χ1n) is 9.10. The molecule has 3 amide bonds. The molecule has 1 aliphatic heterocycles. The summed E-state index contributed by atoms with van der Waals surface area (Å²) >= 11 is 0. The second-order valence-corrected chi connectivity index (χ2v) is 13.4. The van der Waals surface area contributed by atoms with E-state index in [0.29, 0.717) is 13.0 Å². The van der Waals surface area contributed by atoms with Crippen molar-refractivity contribution in [3.8, 4) is 0 Å². The van der Waals surface area contributed by atoms with Gasteiger partial charge in [0.2, 0.25) is 5.91 Å². The maximum atomic E-state index is 13.0. The molecule has 1 aromatic carbocycles. The summed E-state index contributed by atoms with van der Waals surface area (Å²) in [6.45, 7) is 6.99. The molecule has 7 heteroatoms. The Labute approximate surface area is 161 Å². The molecule has 1 fully saturated rings. The normalized spacial score (nSPS) is 18.3. The minimum atomic E-state index is -1.24. The fourth-order valence-corrected chi connectivity index (χ4v) is 3.82. The molecular weight excluding hydrogens is 360 g/mol. The molecule has 0 aromatic heterocycles. The summed E-state index contributed by atoms with van der Waals surface area (Å²) in [5.41, 5.74) is 0.943. The Hall–Kier alpha value is -2.41. The molecule has 1 aliphatic rings. The largest absolute Gasteiger partial charge is 0.452 e. The summed E-state index contributed by atoms with van der Waals surface area (Å²) in [4.78, 5) is 40.1. The fraction of sp³-hybridized carbons (Fsp3) is 0.450. The van der Waals surface area contributed by atoms with Gasteiger partial charge in [0.05, 0.1) is 7.11 Å². The molecular formula is C20H28N2O4Si. The fourth-order valence-electron chi connectivity index (χ4n) is 2.95. The Bertz CT molecular complexity index is 712. The lowest BCUT2D eigenvalue weighted by Gasteiger charge is -2.37. The number of carbonyl (C=O) groups is 3. The number of hydrogen-bond acceptors (Lipinski definition) is 4. The van der Waals surface area contributed by atoms with Crippen molar-refractivity contribution in [3.63, 3.8) is 0 Å². The lowest BCUT2D eigenvalue weighted by Crippen LogP contribution is -2.61. The standard InChI is InChI=1S/C20H28N2O4Si/c1-26-20(25)22-17(12-8-9-13-27(2,3)4)19(24)21(15-18(22)23)14-16-10-6-5-7-11-16/h5-11,17H,12-15H2,1-4H3/b9-8+.